The van der Waals surface area contributed by atoms with Gasteiger partial charge >= 0.3 is 0 Å². The van der Waals surface area contributed by atoms with E-state index in [-0.39, 0.29) is 22.9 Å². The SMILES string of the molecule is O=C(N[C@H]1C2CN3CCN(C2)CC1(c1ccccc1)C3)c1cc(Cl)ccc1F. The van der Waals surface area contributed by atoms with Crippen LogP contribution in [-0.4, -0.2) is 61.0 Å². The molecule has 1 N–H and O–H groups in total. The van der Waals surface area contributed by atoms with Crippen molar-refractivity contribution in [3.63, 3.8) is 0 Å². The van der Waals surface area contributed by atoms with Gasteiger partial charge < -0.3 is 15.1 Å². The zero-order valence-electron chi connectivity index (χ0n) is 15.6. The van der Waals surface area contributed by atoms with Crippen molar-refractivity contribution in [1.29, 1.82) is 0 Å². The molecule has 4 saturated heterocycles. The molecule has 6 rings (SSSR count). The van der Waals surface area contributed by atoms with Crippen molar-refractivity contribution in [1.82, 2.24) is 15.1 Å². The third-order valence-electron chi connectivity index (χ3n) is 6.60. The van der Waals surface area contributed by atoms with Crippen molar-refractivity contribution < 1.29 is 9.18 Å². The second-order valence-electron chi connectivity index (χ2n) is 8.33. The van der Waals surface area contributed by atoms with Crippen LogP contribution in [0.2, 0.25) is 5.02 Å². The smallest absolute Gasteiger partial charge is 0.254 e. The van der Waals surface area contributed by atoms with Crippen molar-refractivity contribution in [3.8, 4) is 0 Å². The molecule has 0 radical (unpaired) electrons. The summed E-state index contributed by atoms with van der Waals surface area (Å²) in [6.45, 7) is 5.88. The summed E-state index contributed by atoms with van der Waals surface area (Å²) >= 11 is 6.01. The van der Waals surface area contributed by atoms with Crippen LogP contribution in [0, 0.1) is 11.7 Å². The molecular weight excluding hydrogens is 377 g/mol. The van der Waals surface area contributed by atoms with Gasteiger partial charge in [0.05, 0.1) is 5.56 Å². The molecule has 1 amide bonds. The molecule has 4 bridgehead atoms. The number of rotatable bonds is 3. The van der Waals surface area contributed by atoms with E-state index in [1.165, 1.54) is 23.8 Å². The molecule has 3 atom stereocenters. The molecule has 6 heteroatoms. The van der Waals surface area contributed by atoms with Gasteiger partial charge in [-0.3, -0.25) is 4.79 Å². The first-order chi connectivity index (χ1) is 13.5. The Morgan fingerprint density at radius 3 is 2.43 bits per heavy atom. The molecule has 0 aromatic heterocycles. The van der Waals surface area contributed by atoms with Gasteiger partial charge in [-0.2, -0.15) is 0 Å². The lowest BCUT2D eigenvalue weighted by Gasteiger charge is -2.55. The molecule has 0 aliphatic carbocycles. The van der Waals surface area contributed by atoms with Crippen molar-refractivity contribution in [2.45, 2.75) is 11.5 Å². The number of nitrogens with one attached hydrogen (secondary N) is 1. The van der Waals surface area contributed by atoms with Crippen molar-refractivity contribution in [2.24, 2.45) is 5.92 Å². The number of hydrogen-bond acceptors (Lipinski definition) is 3. The Kier molecular flexibility index (Phi) is 4.42. The lowest BCUT2D eigenvalue weighted by molar-refractivity contribution is 0.0180. The molecule has 4 nitrogen and oxygen atoms in total. The molecule has 146 valence electrons. The van der Waals surface area contributed by atoms with E-state index in [2.05, 4.69) is 39.4 Å². The first-order valence-electron chi connectivity index (χ1n) is 9.81. The van der Waals surface area contributed by atoms with Gasteiger partial charge in [0, 0.05) is 61.7 Å². The molecule has 2 unspecified atom stereocenters. The quantitative estimate of drug-likeness (QED) is 0.862. The summed E-state index contributed by atoms with van der Waals surface area (Å²) in [5.41, 5.74) is 1.07. The normalized spacial score (nSPS) is 33.5. The molecule has 4 fully saturated rings. The number of carbonyl (C=O) groups is 1. The van der Waals surface area contributed by atoms with Gasteiger partial charge in [-0.15, -0.1) is 0 Å². The zero-order chi connectivity index (χ0) is 19.3. The lowest BCUT2D eigenvalue weighted by Crippen LogP contribution is -2.70. The van der Waals surface area contributed by atoms with Crippen LogP contribution in [0.15, 0.2) is 48.5 Å². The van der Waals surface area contributed by atoms with E-state index in [4.69, 9.17) is 11.6 Å². The minimum absolute atomic E-state index is 0.0166. The first-order valence-corrected chi connectivity index (χ1v) is 10.2. The Morgan fingerprint density at radius 2 is 1.75 bits per heavy atom. The summed E-state index contributed by atoms with van der Waals surface area (Å²) in [6, 6.07) is 14.6. The minimum atomic E-state index is -0.538. The van der Waals surface area contributed by atoms with E-state index in [1.807, 2.05) is 6.07 Å². The highest BCUT2D eigenvalue weighted by Gasteiger charge is 2.55. The fourth-order valence-corrected chi connectivity index (χ4v) is 5.63. The highest BCUT2D eigenvalue weighted by atomic mass is 35.5. The Labute approximate surface area is 169 Å². The van der Waals surface area contributed by atoms with E-state index >= 15 is 0 Å². The molecule has 28 heavy (non-hydrogen) atoms. The van der Waals surface area contributed by atoms with Crippen molar-refractivity contribution in [2.75, 3.05) is 39.3 Å². The molecule has 0 spiro atoms. The maximum Gasteiger partial charge on any atom is 0.254 e. The van der Waals surface area contributed by atoms with E-state index in [0.717, 1.165) is 39.3 Å². The number of carbonyl (C=O) groups excluding carboxylic acids is 1. The van der Waals surface area contributed by atoms with Gasteiger partial charge in [0.1, 0.15) is 5.82 Å². The van der Waals surface area contributed by atoms with Crippen LogP contribution in [0.4, 0.5) is 4.39 Å². The van der Waals surface area contributed by atoms with Crippen LogP contribution >= 0.6 is 11.6 Å². The second kappa shape index (κ2) is 6.83. The van der Waals surface area contributed by atoms with Crippen LogP contribution < -0.4 is 5.32 Å². The molecule has 4 aliphatic heterocycles. The van der Waals surface area contributed by atoms with Crippen LogP contribution in [0.1, 0.15) is 15.9 Å². The Bertz CT molecular complexity index is 890. The second-order valence-corrected chi connectivity index (χ2v) is 8.76. The van der Waals surface area contributed by atoms with E-state index < -0.39 is 5.82 Å². The topological polar surface area (TPSA) is 35.6 Å². The summed E-state index contributed by atoms with van der Waals surface area (Å²) in [5.74, 6) is -0.600. The standard InChI is InChI=1S/C22H23ClFN3O/c23-17-6-7-19(24)18(10-17)21(28)25-20-15-11-26-8-9-27(12-15)14-22(20,13-26)16-4-2-1-3-5-16/h1-7,10,15,20H,8-9,11-14H2,(H,25,28)/t15?,20-,22?/m0/s1. The number of halogens is 2. The van der Waals surface area contributed by atoms with E-state index in [0.29, 0.717) is 10.9 Å². The molecule has 2 aromatic rings. The van der Waals surface area contributed by atoms with Gasteiger partial charge in [-0.25, -0.2) is 4.39 Å². The summed E-state index contributed by atoms with van der Waals surface area (Å²) in [5, 5.41) is 3.59. The number of benzene rings is 2. The highest BCUT2D eigenvalue weighted by molar-refractivity contribution is 6.31. The third kappa shape index (κ3) is 2.93. The summed E-state index contributed by atoms with van der Waals surface area (Å²) in [7, 11) is 0. The van der Waals surface area contributed by atoms with Gasteiger partial charge in [0.25, 0.3) is 5.91 Å². The highest BCUT2D eigenvalue weighted by Crippen LogP contribution is 2.43. The van der Waals surface area contributed by atoms with Gasteiger partial charge in [-0.1, -0.05) is 41.9 Å². The number of nitrogens with zero attached hydrogens (tertiary/aromatic N) is 2. The average molecular weight is 400 g/mol. The summed E-state index contributed by atoms with van der Waals surface area (Å²) < 4.78 is 14.3. The maximum absolute atomic E-state index is 14.3. The predicted molar refractivity (Wildman–Crippen MR) is 107 cm³/mol. The van der Waals surface area contributed by atoms with Crippen LogP contribution in [0.25, 0.3) is 0 Å². The number of piperidine rings is 2. The fraction of sp³-hybridized carbons (Fsp3) is 0.409. The van der Waals surface area contributed by atoms with E-state index in [9.17, 15) is 9.18 Å². The van der Waals surface area contributed by atoms with Gasteiger partial charge in [0.2, 0.25) is 0 Å². The van der Waals surface area contributed by atoms with Crippen LogP contribution in [0.3, 0.4) is 0 Å². The molecule has 2 aromatic carbocycles. The maximum atomic E-state index is 14.3. The summed E-state index contributed by atoms with van der Waals surface area (Å²) in [4.78, 5) is 18.1. The fourth-order valence-electron chi connectivity index (χ4n) is 5.46. The Balaban J connectivity index is 1.54. The molecule has 0 saturated carbocycles. The Morgan fingerprint density at radius 1 is 1.07 bits per heavy atom. The molecule has 4 heterocycles. The van der Waals surface area contributed by atoms with Crippen molar-refractivity contribution >= 4 is 17.5 Å². The Hall–Kier alpha value is -1.95. The molecular formula is C22H23ClFN3O. The predicted octanol–water partition coefficient (Wildman–Crippen LogP) is 2.78. The lowest BCUT2D eigenvalue weighted by atomic mass is 9.64. The largest absolute Gasteiger partial charge is 0.348 e. The number of hydrogen-bond donors (Lipinski definition) is 1. The number of fused-ring (bicyclic) bond motifs is 1. The monoisotopic (exact) mass is 399 g/mol. The molecule has 4 aliphatic rings. The summed E-state index contributed by atoms with van der Waals surface area (Å²) in [6.07, 6.45) is 0. The zero-order valence-corrected chi connectivity index (χ0v) is 16.3. The third-order valence-corrected chi connectivity index (χ3v) is 6.84. The van der Waals surface area contributed by atoms with Crippen LogP contribution in [-0.2, 0) is 5.41 Å². The van der Waals surface area contributed by atoms with E-state index in [1.54, 1.807) is 0 Å². The first kappa shape index (κ1) is 18.1. The van der Waals surface area contributed by atoms with Crippen molar-refractivity contribution in [3.05, 3.63) is 70.5 Å². The van der Waals surface area contributed by atoms with Gasteiger partial charge in [-0.05, 0) is 23.8 Å². The minimum Gasteiger partial charge on any atom is -0.348 e. The van der Waals surface area contributed by atoms with Gasteiger partial charge in [0.15, 0.2) is 0 Å². The number of amides is 1. The van der Waals surface area contributed by atoms with Crippen LogP contribution in [0.5, 0.6) is 0 Å². The average Bonchev–Trinajstić information content (AvgIpc) is 2.95.